The summed E-state index contributed by atoms with van der Waals surface area (Å²) in [5.41, 5.74) is 25.8. The van der Waals surface area contributed by atoms with Crippen molar-refractivity contribution in [3.63, 3.8) is 0 Å². The van der Waals surface area contributed by atoms with Crippen LogP contribution in [0.2, 0.25) is 0 Å². The molecule has 2 fully saturated rings. The first-order chi connectivity index (χ1) is 59.9. The largest absolute Gasteiger partial charge is 0.426 e. The number of piperidine rings is 1. The van der Waals surface area contributed by atoms with Gasteiger partial charge in [0.15, 0.2) is 0 Å². The monoisotopic (exact) mass is 1690 g/mol. The summed E-state index contributed by atoms with van der Waals surface area (Å²) in [7, 11) is 0. The molecular formula is C119H163N5O2. The number of allylic oxidation sites excluding steroid dienone is 3. The van der Waals surface area contributed by atoms with Crippen LogP contribution >= 0.6 is 0 Å². The lowest BCUT2D eigenvalue weighted by molar-refractivity contribution is -0.131. The van der Waals surface area contributed by atoms with E-state index in [0.29, 0.717) is 53.1 Å². The van der Waals surface area contributed by atoms with Gasteiger partial charge in [0.2, 0.25) is 0 Å². The molecule has 676 valence electrons. The predicted molar refractivity (Wildman–Crippen MR) is 555 cm³/mol. The van der Waals surface area contributed by atoms with Crippen molar-refractivity contribution in [3.05, 3.63) is 363 Å². The number of anilines is 2. The lowest BCUT2D eigenvalue weighted by Crippen LogP contribution is -2.43. The topological polar surface area (TPSA) is 70.1 Å². The molecule has 4 heterocycles. The smallest absolute Gasteiger partial charge is 0.308 e. The SMILES string of the molecule is C.CC(=O)Oc1cc(C(C)C)ccc1C.CC(C)CCC1=CCc2ccccc21.CC(C)Cc1cccc2ccccc12.CC(C)Cc1ccccn1.CC(C)c1ccc(C2=NCC=C2)cc1.CC(C)c1ccc(N2CCCCC2)cc1.CC(C)c1ccc(N2CCNCC2)cc1.CC(C)c1ccccc1.Cc1ccc(C(C)C)cc1.Cc1ccccc1C(C)C. The molecule has 0 atom stereocenters. The second-order valence-corrected chi connectivity index (χ2v) is 37.3. The second-order valence-electron chi connectivity index (χ2n) is 37.3. The second kappa shape index (κ2) is 58.2. The van der Waals surface area contributed by atoms with Crippen molar-refractivity contribution in [3.8, 4) is 5.75 Å². The Morgan fingerprint density at radius 3 is 1.41 bits per heavy atom. The van der Waals surface area contributed by atoms with E-state index in [9.17, 15) is 4.79 Å². The number of rotatable bonds is 18. The standard InChI is InChI=1S/C14H21N.C14H16.C14H18.C13H20N2.C13H15N.C12H16O2.2C10H14.C9H13N.C9H12.CH4/c1-12(2)13-6-8-14(9-7-13)15-10-4-3-5-11-15;1-11(2)10-13-8-5-7-12-6-3-4-9-14(12)13;1-11(2)7-8-13-10-9-12-5-3-4-6-14(12)13;1-11(2)12-3-5-13(6-4-12)15-9-7-14-8-10-15;1-10(2)11-5-7-12(8-6-11)13-4-3-9-14-13;1-8(2)11-6-5-9(3)12(7-11)14-10(4)13;1-8(2)10-6-4-9(3)5-7-10;1-8(2)10-7-5-4-6-9(10)3;1-8(2)7-9-5-3-4-6-10-9;1-8(2)9-6-4-3-5-7-9;/h6-9,12H,3-5,10-11H2,1-2H3;3-9,11H,10H2,1-2H3;3-6,10-11H,7-9H2,1-2H3;3-6,11,14H,7-10H2,1-2H3;3-8,10H,9H2,1-2H3;5-8H,1-4H3;2*4-8H,1-3H3;3-6,8H,7H2,1-2H3;3-8H,1-2H3;1H4. The minimum Gasteiger partial charge on any atom is -0.426 e. The molecule has 0 radical (unpaired) electrons. The van der Waals surface area contributed by atoms with Gasteiger partial charge in [-0.15, -0.1) is 0 Å². The highest BCUT2D eigenvalue weighted by atomic mass is 16.5. The summed E-state index contributed by atoms with van der Waals surface area (Å²) in [5, 5.41) is 6.13. The molecule has 7 heteroatoms. The molecule has 2 saturated heterocycles. The Kier molecular flexibility index (Phi) is 49.1. The molecule has 11 aromatic rings. The van der Waals surface area contributed by atoms with Crippen LogP contribution in [0, 0.1) is 38.5 Å². The van der Waals surface area contributed by atoms with Crippen molar-refractivity contribution in [2.24, 2.45) is 22.7 Å². The van der Waals surface area contributed by atoms with E-state index in [1.807, 2.05) is 43.5 Å². The Morgan fingerprint density at radius 2 is 0.921 bits per heavy atom. The van der Waals surface area contributed by atoms with E-state index in [0.717, 1.165) is 68.7 Å². The van der Waals surface area contributed by atoms with E-state index < -0.39 is 0 Å². The maximum atomic E-state index is 10.8. The summed E-state index contributed by atoms with van der Waals surface area (Å²) in [6, 6.07) is 90.6. The zero-order valence-corrected chi connectivity index (χ0v) is 81.5. The average molecular weight is 1700 g/mol. The third-order valence-electron chi connectivity index (χ3n) is 22.8. The van der Waals surface area contributed by atoms with Crippen LogP contribution in [0.4, 0.5) is 11.4 Å². The van der Waals surface area contributed by atoms with Gasteiger partial charge >= 0.3 is 5.97 Å². The van der Waals surface area contributed by atoms with Gasteiger partial charge in [0.25, 0.3) is 0 Å². The number of fused-ring (bicyclic) bond motifs is 2. The third kappa shape index (κ3) is 39.8. The number of carbonyl (C=O) groups excluding carboxylic acids is 1. The Morgan fingerprint density at radius 1 is 0.437 bits per heavy atom. The molecule has 3 aliphatic heterocycles. The first-order valence-electron chi connectivity index (χ1n) is 47.2. The molecule has 1 N–H and O–H groups in total. The average Bonchev–Trinajstić information content (AvgIpc) is 1.62. The number of aryl methyl sites for hydroxylation is 3. The van der Waals surface area contributed by atoms with Crippen LogP contribution in [0.1, 0.15) is 310 Å². The molecular weight excluding hydrogens is 1530 g/mol. The van der Waals surface area contributed by atoms with Gasteiger partial charge in [-0.1, -0.05) is 376 Å². The number of hydrogen-bond donors (Lipinski definition) is 1. The van der Waals surface area contributed by atoms with E-state index in [-0.39, 0.29) is 13.4 Å². The van der Waals surface area contributed by atoms with Crippen molar-refractivity contribution in [1.29, 1.82) is 0 Å². The Labute approximate surface area is 767 Å². The first kappa shape index (κ1) is 106. The van der Waals surface area contributed by atoms with Crippen molar-refractivity contribution >= 4 is 39.4 Å². The lowest BCUT2D eigenvalue weighted by Gasteiger charge is -2.29. The zero-order chi connectivity index (χ0) is 91.2. The van der Waals surface area contributed by atoms with Crippen LogP contribution in [-0.2, 0) is 24.1 Å². The highest BCUT2D eigenvalue weighted by Crippen LogP contribution is 2.33. The lowest BCUT2D eigenvalue weighted by atomic mass is 9.97. The predicted octanol–water partition coefficient (Wildman–Crippen LogP) is 32.3. The van der Waals surface area contributed by atoms with Gasteiger partial charge < -0.3 is 19.9 Å². The number of aromatic nitrogens is 1. The number of nitrogens with one attached hydrogen (secondary N) is 1. The Balaban J connectivity index is 0.000000249. The first-order valence-corrected chi connectivity index (χ1v) is 47.2. The molecule has 10 aromatic carbocycles. The van der Waals surface area contributed by atoms with E-state index in [1.54, 1.807) is 5.57 Å². The fraction of sp³-hybridized carbons (Fsp3) is 0.420. The molecule has 7 nitrogen and oxygen atoms in total. The molecule has 4 aliphatic rings. The molecule has 1 aromatic heterocycles. The summed E-state index contributed by atoms with van der Waals surface area (Å²) in [6.07, 6.45) is 18.5. The quantitative estimate of drug-likeness (QED) is 0.0682. The van der Waals surface area contributed by atoms with Gasteiger partial charge in [0, 0.05) is 69.5 Å². The van der Waals surface area contributed by atoms with Crippen molar-refractivity contribution < 1.29 is 9.53 Å². The Bertz CT molecular complexity index is 4810. The van der Waals surface area contributed by atoms with Crippen LogP contribution in [0.5, 0.6) is 5.75 Å². The summed E-state index contributed by atoms with van der Waals surface area (Å²) in [6.45, 7) is 59.8. The number of esters is 1. The van der Waals surface area contributed by atoms with E-state index in [2.05, 4.69) is 420 Å². The number of benzene rings is 10. The van der Waals surface area contributed by atoms with Crippen molar-refractivity contribution in [1.82, 2.24) is 10.3 Å². The summed E-state index contributed by atoms with van der Waals surface area (Å²) < 4.78 is 5.10. The maximum absolute atomic E-state index is 10.8. The van der Waals surface area contributed by atoms with E-state index >= 15 is 0 Å². The zero-order valence-electron chi connectivity index (χ0n) is 81.5. The van der Waals surface area contributed by atoms with E-state index in [4.69, 9.17) is 4.74 Å². The number of pyridine rings is 1. The fourth-order valence-corrected chi connectivity index (χ4v) is 15.0. The van der Waals surface area contributed by atoms with Gasteiger partial charge in [-0.05, 0) is 269 Å². The van der Waals surface area contributed by atoms with Crippen LogP contribution in [0.25, 0.3) is 16.3 Å². The minimum absolute atomic E-state index is 0. The summed E-state index contributed by atoms with van der Waals surface area (Å²) in [4.78, 5) is 24.4. The van der Waals surface area contributed by atoms with Crippen molar-refractivity contribution in [2.45, 2.75) is 266 Å². The normalized spacial score (nSPS) is 12.9. The number of nitrogens with zero attached hydrogens (tertiary/aromatic N) is 4. The number of piperazine rings is 1. The van der Waals surface area contributed by atoms with Crippen LogP contribution < -0.4 is 19.9 Å². The van der Waals surface area contributed by atoms with Crippen LogP contribution in [0.15, 0.2) is 284 Å². The molecule has 126 heavy (non-hydrogen) atoms. The highest BCUT2D eigenvalue weighted by Gasteiger charge is 2.16. The molecule has 1 aliphatic carbocycles. The molecule has 0 amide bonds. The molecule has 0 saturated carbocycles. The number of ether oxygens (including phenoxy) is 1. The molecule has 0 unspecified atom stereocenters. The van der Waals surface area contributed by atoms with Crippen molar-refractivity contribution in [2.75, 3.05) is 55.6 Å². The number of aliphatic imine (C=N–C) groups is 1. The van der Waals surface area contributed by atoms with Gasteiger partial charge in [-0.25, -0.2) is 0 Å². The molecule has 15 rings (SSSR count). The van der Waals surface area contributed by atoms with Gasteiger partial charge in [-0.3, -0.25) is 14.8 Å². The fourth-order valence-electron chi connectivity index (χ4n) is 15.0. The summed E-state index contributed by atoms with van der Waals surface area (Å²) in [5.74, 6) is 6.92. The number of carbonyl (C=O) groups is 1. The van der Waals surface area contributed by atoms with Crippen LogP contribution in [-0.4, -0.2) is 62.5 Å². The van der Waals surface area contributed by atoms with Gasteiger partial charge in [0.1, 0.15) is 5.75 Å². The van der Waals surface area contributed by atoms with E-state index in [1.165, 1.54) is 159 Å². The molecule has 0 bridgehead atoms. The Hall–Kier alpha value is -10.2. The van der Waals surface area contributed by atoms with Gasteiger partial charge in [-0.2, -0.15) is 0 Å². The number of hydrogen-bond acceptors (Lipinski definition) is 7. The van der Waals surface area contributed by atoms with Gasteiger partial charge in [0.05, 0.1) is 12.3 Å². The third-order valence-corrected chi connectivity index (χ3v) is 22.8. The highest BCUT2D eigenvalue weighted by molar-refractivity contribution is 6.09. The van der Waals surface area contributed by atoms with Crippen LogP contribution in [0.3, 0.4) is 0 Å². The summed E-state index contributed by atoms with van der Waals surface area (Å²) >= 11 is 0. The minimum atomic E-state index is -0.269. The maximum Gasteiger partial charge on any atom is 0.308 e. The molecule has 0 spiro atoms.